The number of nitrogens with zero attached hydrogens (tertiary/aromatic N) is 1. The van der Waals surface area contributed by atoms with Crippen molar-refractivity contribution in [2.24, 2.45) is 0 Å². The van der Waals surface area contributed by atoms with Gasteiger partial charge in [-0.1, -0.05) is 161 Å². The van der Waals surface area contributed by atoms with Crippen LogP contribution in [0.3, 0.4) is 0 Å². The normalized spacial score (nSPS) is 14.8. The van der Waals surface area contributed by atoms with Crippen LogP contribution in [0.15, 0.2) is 176 Å². The fourth-order valence-corrected chi connectivity index (χ4v) is 9.91. The van der Waals surface area contributed by atoms with E-state index in [1.807, 2.05) is 0 Å². The summed E-state index contributed by atoms with van der Waals surface area (Å²) in [6, 6.07) is 65.8. The molecular formula is C54H41N. The van der Waals surface area contributed by atoms with Gasteiger partial charge in [0.25, 0.3) is 0 Å². The summed E-state index contributed by atoms with van der Waals surface area (Å²) in [5.41, 5.74) is 16.5. The minimum Gasteiger partial charge on any atom is -0.310 e. The van der Waals surface area contributed by atoms with Gasteiger partial charge in [-0.25, -0.2) is 0 Å². The van der Waals surface area contributed by atoms with Gasteiger partial charge in [-0.05, 0) is 130 Å². The van der Waals surface area contributed by atoms with E-state index >= 15 is 0 Å². The van der Waals surface area contributed by atoms with Gasteiger partial charge in [-0.15, -0.1) is 0 Å². The Bertz CT molecular complexity index is 3020. The van der Waals surface area contributed by atoms with Crippen LogP contribution >= 0.6 is 0 Å². The second kappa shape index (κ2) is 11.5. The molecule has 11 rings (SSSR count). The van der Waals surface area contributed by atoms with Gasteiger partial charge in [-0.3, -0.25) is 0 Å². The molecule has 1 aliphatic carbocycles. The fourth-order valence-electron chi connectivity index (χ4n) is 9.91. The molecule has 0 saturated carbocycles. The standard InChI is InChI=1S/C54H41N/c1-53(2)47-21-13-12-20-43(47)44-28-24-36(30-48(44)53)37-25-29-51-49(31-37)54(3,4)50-32-45-41-18-10-8-16-39(41)40-17-9-11-19-42(40)46(45)33-52(50)55(51)38-26-22-35(23-27-38)34-14-6-5-7-15-34/h5-33H,1-4H3. The molecular weight excluding hydrogens is 663 g/mol. The highest BCUT2D eigenvalue weighted by atomic mass is 15.2. The molecule has 0 saturated heterocycles. The Balaban J connectivity index is 1.14. The molecule has 0 amide bonds. The maximum absolute atomic E-state index is 2.51. The molecule has 1 heterocycles. The lowest BCUT2D eigenvalue weighted by atomic mass is 9.71. The van der Waals surface area contributed by atoms with E-state index in [2.05, 4.69) is 209 Å². The number of anilines is 3. The lowest BCUT2D eigenvalue weighted by Crippen LogP contribution is -2.30. The zero-order valence-corrected chi connectivity index (χ0v) is 31.7. The zero-order valence-electron chi connectivity index (χ0n) is 31.7. The Morgan fingerprint density at radius 3 is 1.47 bits per heavy atom. The van der Waals surface area contributed by atoms with Crippen molar-refractivity contribution in [3.63, 3.8) is 0 Å². The minimum atomic E-state index is -0.270. The molecule has 0 radical (unpaired) electrons. The van der Waals surface area contributed by atoms with Gasteiger partial charge >= 0.3 is 0 Å². The van der Waals surface area contributed by atoms with E-state index < -0.39 is 0 Å². The summed E-state index contributed by atoms with van der Waals surface area (Å²) >= 11 is 0. The summed E-state index contributed by atoms with van der Waals surface area (Å²) in [5, 5.41) is 7.79. The average Bonchev–Trinajstić information content (AvgIpc) is 3.46. The molecule has 0 bridgehead atoms. The first-order valence-corrected chi connectivity index (χ1v) is 19.5. The predicted molar refractivity (Wildman–Crippen MR) is 234 cm³/mol. The Labute approximate surface area is 323 Å². The number of benzene rings is 9. The summed E-state index contributed by atoms with van der Waals surface area (Å²) < 4.78 is 0. The molecule has 1 aliphatic heterocycles. The van der Waals surface area contributed by atoms with Crippen LogP contribution in [0, 0.1) is 0 Å². The molecule has 9 aromatic rings. The average molecular weight is 704 g/mol. The van der Waals surface area contributed by atoms with Gasteiger partial charge in [-0.2, -0.15) is 0 Å². The molecule has 2 aliphatic rings. The van der Waals surface area contributed by atoms with Crippen LogP contribution in [-0.2, 0) is 10.8 Å². The maximum atomic E-state index is 2.51. The van der Waals surface area contributed by atoms with E-state index in [0.717, 1.165) is 5.69 Å². The second-order valence-corrected chi connectivity index (χ2v) is 16.5. The molecule has 0 atom stereocenters. The Kier molecular flexibility index (Phi) is 6.72. The molecule has 0 fully saturated rings. The van der Waals surface area contributed by atoms with Crippen LogP contribution in [-0.4, -0.2) is 0 Å². The van der Waals surface area contributed by atoms with Crippen molar-refractivity contribution < 1.29 is 0 Å². The van der Waals surface area contributed by atoms with E-state index in [1.54, 1.807) is 0 Å². The minimum absolute atomic E-state index is 0.0505. The van der Waals surface area contributed by atoms with Gasteiger partial charge in [0.05, 0.1) is 11.4 Å². The SMILES string of the molecule is CC1(C)c2ccccc2-c2ccc(-c3ccc4c(c3)C(C)(C)c3cc5c6ccccc6c6ccccc6c5cc3N4c3ccc(-c4ccccc4)cc3)cc21. The molecule has 262 valence electrons. The van der Waals surface area contributed by atoms with E-state index in [1.165, 1.54) is 99.3 Å². The highest BCUT2D eigenvalue weighted by Crippen LogP contribution is 2.55. The molecule has 0 aromatic heterocycles. The Morgan fingerprint density at radius 1 is 0.309 bits per heavy atom. The van der Waals surface area contributed by atoms with Crippen LogP contribution in [0.5, 0.6) is 0 Å². The van der Waals surface area contributed by atoms with Gasteiger partial charge in [0.15, 0.2) is 0 Å². The smallest absolute Gasteiger partial charge is 0.0509 e. The van der Waals surface area contributed by atoms with Crippen molar-refractivity contribution in [3.8, 4) is 33.4 Å². The van der Waals surface area contributed by atoms with Gasteiger partial charge in [0.1, 0.15) is 0 Å². The Hall–Kier alpha value is -6.44. The molecule has 0 unspecified atom stereocenters. The maximum Gasteiger partial charge on any atom is 0.0509 e. The fraction of sp³-hybridized carbons (Fsp3) is 0.111. The second-order valence-electron chi connectivity index (χ2n) is 16.5. The van der Waals surface area contributed by atoms with E-state index in [0.29, 0.717) is 0 Å². The lowest BCUT2D eigenvalue weighted by Gasteiger charge is -2.42. The third-order valence-corrected chi connectivity index (χ3v) is 12.8. The molecule has 9 aromatic carbocycles. The van der Waals surface area contributed by atoms with Gasteiger partial charge in [0, 0.05) is 16.5 Å². The summed E-state index contributed by atoms with van der Waals surface area (Å²) in [5.74, 6) is 0. The first kappa shape index (κ1) is 32.0. The first-order chi connectivity index (χ1) is 26.8. The predicted octanol–water partition coefficient (Wildman–Crippen LogP) is 14.9. The number of hydrogen-bond acceptors (Lipinski definition) is 1. The first-order valence-electron chi connectivity index (χ1n) is 19.5. The third-order valence-electron chi connectivity index (χ3n) is 12.8. The molecule has 55 heavy (non-hydrogen) atoms. The van der Waals surface area contributed by atoms with Crippen LogP contribution in [0.25, 0.3) is 65.7 Å². The molecule has 0 spiro atoms. The Morgan fingerprint density at radius 2 is 0.782 bits per heavy atom. The van der Waals surface area contributed by atoms with Crippen molar-refractivity contribution >= 4 is 49.4 Å². The van der Waals surface area contributed by atoms with Crippen LogP contribution < -0.4 is 4.90 Å². The molecule has 1 heteroatoms. The molecule has 1 nitrogen and oxygen atoms in total. The monoisotopic (exact) mass is 703 g/mol. The topological polar surface area (TPSA) is 3.24 Å². The zero-order chi connectivity index (χ0) is 37.1. The highest BCUT2D eigenvalue weighted by molar-refractivity contribution is 6.26. The quantitative estimate of drug-likeness (QED) is 0.166. The summed E-state index contributed by atoms with van der Waals surface area (Å²) in [4.78, 5) is 2.51. The van der Waals surface area contributed by atoms with Crippen molar-refractivity contribution in [2.45, 2.75) is 38.5 Å². The summed E-state index contributed by atoms with van der Waals surface area (Å²) in [7, 11) is 0. The van der Waals surface area contributed by atoms with E-state index in [-0.39, 0.29) is 10.8 Å². The number of fused-ring (bicyclic) bond motifs is 11. The van der Waals surface area contributed by atoms with E-state index in [9.17, 15) is 0 Å². The van der Waals surface area contributed by atoms with E-state index in [4.69, 9.17) is 0 Å². The number of rotatable bonds is 3. The van der Waals surface area contributed by atoms with Crippen LogP contribution in [0.4, 0.5) is 17.1 Å². The van der Waals surface area contributed by atoms with Crippen molar-refractivity contribution in [1.29, 1.82) is 0 Å². The van der Waals surface area contributed by atoms with Gasteiger partial charge in [0.2, 0.25) is 0 Å². The largest absolute Gasteiger partial charge is 0.310 e. The molecule has 0 N–H and O–H groups in total. The van der Waals surface area contributed by atoms with Gasteiger partial charge < -0.3 is 4.90 Å². The van der Waals surface area contributed by atoms with Crippen LogP contribution in [0.2, 0.25) is 0 Å². The van der Waals surface area contributed by atoms with Crippen molar-refractivity contribution in [3.05, 3.63) is 198 Å². The van der Waals surface area contributed by atoms with Crippen LogP contribution in [0.1, 0.15) is 49.9 Å². The lowest BCUT2D eigenvalue weighted by molar-refractivity contribution is 0.633. The van der Waals surface area contributed by atoms with Crippen molar-refractivity contribution in [2.75, 3.05) is 4.90 Å². The highest BCUT2D eigenvalue weighted by Gasteiger charge is 2.39. The third kappa shape index (κ3) is 4.60. The summed E-state index contributed by atoms with van der Waals surface area (Å²) in [6.07, 6.45) is 0. The number of hydrogen-bond donors (Lipinski definition) is 0. The van der Waals surface area contributed by atoms with Crippen molar-refractivity contribution in [1.82, 2.24) is 0 Å². The summed E-state index contributed by atoms with van der Waals surface area (Å²) in [6.45, 7) is 9.57.